The predicted molar refractivity (Wildman–Crippen MR) is 193 cm³/mol. The number of nitrogens with zero attached hydrogens (tertiary/aromatic N) is 1. The summed E-state index contributed by atoms with van der Waals surface area (Å²) in [7, 11) is 0. The molecule has 11 rings (SSSR count). The molecular formula is C42H23NOS. The molecule has 0 aliphatic heterocycles. The third-order valence-electron chi connectivity index (χ3n) is 9.74. The van der Waals surface area contributed by atoms with Crippen molar-refractivity contribution in [1.29, 1.82) is 0 Å². The van der Waals surface area contributed by atoms with Crippen molar-refractivity contribution in [3.05, 3.63) is 140 Å². The Morgan fingerprint density at radius 2 is 1.00 bits per heavy atom. The molecule has 0 saturated carbocycles. The minimum Gasteiger partial charge on any atom is -0.454 e. The topological polar surface area (TPSA) is 18.1 Å². The normalized spacial score (nSPS) is 12.4. The lowest BCUT2D eigenvalue weighted by Crippen LogP contribution is -1.95. The highest BCUT2D eigenvalue weighted by molar-refractivity contribution is 7.27. The van der Waals surface area contributed by atoms with Crippen molar-refractivity contribution in [3.8, 4) is 5.69 Å². The van der Waals surface area contributed by atoms with Gasteiger partial charge in [0.05, 0.1) is 21.4 Å². The Balaban J connectivity index is 1.51. The second kappa shape index (κ2) is 8.50. The van der Waals surface area contributed by atoms with Gasteiger partial charge in [0.1, 0.15) is 5.58 Å². The average Bonchev–Trinajstić information content (AvgIpc) is 3.78. The monoisotopic (exact) mass is 589 g/mol. The van der Waals surface area contributed by atoms with E-state index in [4.69, 9.17) is 4.42 Å². The van der Waals surface area contributed by atoms with Crippen molar-refractivity contribution in [2.75, 3.05) is 0 Å². The predicted octanol–water partition coefficient (Wildman–Crippen LogP) is 12.5. The summed E-state index contributed by atoms with van der Waals surface area (Å²) in [4.78, 5) is 0. The van der Waals surface area contributed by atoms with E-state index in [0.29, 0.717) is 0 Å². The highest BCUT2D eigenvalue weighted by atomic mass is 32.1. The van der Waals surface area contributed by atoms with Crippen LogP contribution in [0.15, 0.2) is 144 Å². The Kier molecular flexibility index (Phi) is 4.49. The van der Waals surface area contributed by atoms with E-state index < -0.39 is 0 Å². The van der Waals surface area contributed by atoms with Crippen LogP contribution in [-0.2, 0) is 0 Å². The quantitative estimate of drug-likeness (QED) is 0.174. The van der Waals surface area contributed by atoms with Gasteiger partial charge in [-0.05, 0) is 45.8 Å². The minimum absolute atomic E-state index is 0.913. The van der Waals surface area contributed by atoms with Gasteiger partial charge in [0.25, 0.3) is 0 Å². The number of aromatic nitrogens is 1. The molecule has 0 spiro atoms. The average molecular weight is 590 g/mol. The maximum absolute atomic E-state index is 6.67. The van der Waals surface area contributed by atoms with Crippen LogP contribution in [-0.4, -0.2) is 4.57 Å². The standard InChI is InChI=1S/C42H23NOS/c1-3-15-27-24(12-1)25-13-2-4-16-28(25)37-36(27)38-30-17-5-8-20-32(30)43(40(38)42-39(37)31-18-7-10-23-35(31)45-42)33-21-11-19-29-26-14-6-9-22-34(26)44-41(29)33/h1-23H. The summed E-state index contributed by atoms with van der Waals surface area (Å²) in [6.07, 6.45) is 0. The van der Waals surface area contributed by atoms with Gasteiger partial charge in [-0.1, -0.05) is 115 Å². The van der Waals surface area contributed by atoms with Crippen molar-refractivity contribution in [2.45, 2.75) is 0 Å². The minimum atomic E-state index is 0.913. The van der Waals surface area contributed by atoms with Gasteiger partial charge in [0.2, 0.25) is 0 Å². The molecule has 3 heterocycles. The Morgan fingerprint density at radius 1 is 0.422 bits per heavy atom. The molecule has 45 heavy (non-hydrogen) atoms. The first kappa shape index (κ1) is 23.8. The molecule has 3 aromatic heterocycles. The van der Waals surface area contributed by atoms with Crippen LogP contribution in [0.4, 0.5) is 0 Å². The fraction of sp³-hybridized carbons (Fsp3) is 0. The molecule has 0 amide bonds. The second-order valence-electron chi connectivity index (χ2n) is 12.0. The van der Waals surface area contributed by atoms with Gasteiger partial charge in [-0.2, -0.15) is 0 Å². The SMILES string of the molecule is c1ccc2c(c1)oc1c(-n3c4ccccc4c4c5c6ccccc6c6ccccc6c5c5c6ccccc6sc5c43)cccc12. The van der Waals surface area contributed by atoms with Gasteiger partial charge in [-0.15, -0.1) is 11.3 Å². The number of thiophene rings is 1. The molecule has 11 aromatic rings. The van der Waals surface area contributed by atoms with Gasteiger partial charge in [-0.25, -0.2) is 0 Å². The molecule has 0 aliphatic rings. The van der Waals surface area contributed by atoms with Crippen LogP contribution in [0.25, 0.3) is 102 Å². The summed E-state index contributed by atoms with van der Waals surface area (Å²) in [5.74, 6) is 0. The molecular weight excluding hydrogens is 567 g/mol. The lowest BCUT2D eigenvalue weighted by atomic mass is 9.89. The van der Waals surface area contributed by atoms with E-state index in [1.54, 1.807) is 0 Å². The molecule has 0 aliphatic carbocycles. The zero-order valence-electron chi connectivity index (χ0n) is 24.0. The van der Waals surface area contributed by atoms with Crippen molar-refractivity contribution < 1.29 is 4.42 Å². The van der Waals surface area contributed by atoms with E-state index in [2.05, 4.69) is 138 Å². The van der Waals surface area contributed by atoms with E-state index in [0.717, 1.165) is 27.6 Å². The van der Waals surface area contributed by atoms with Crippen LogP contribution in [0.1, 0.15) is 0 Å². The summed E-state index contributed by atoms with van der Waals surface area (Å²) in [5.41, 5.74) is 5.32. The zero-order chi connectivity index (χ0) is 29.2. The third kappa shape index (κ3) is 2.94. The van der Waals surface area contributed by atoms with Crippen LogP contribution >= 0.6 is 11.3 Å². The van der Waals surface area contributed by atoms with Gasteiger partial charge in [0.15, 0.2) is 5.58 Å². The van der Waals surface area contributed by atoms with Crippen LogP contribution in [0.2, 0.25) is 0 Å². The lowest BCUT2D eigenvalue weighted by Gasteiger charge is -2.15. The molecule has 0 radical (unpaired) electrons. The maximum atomic E-state index is 6.67. The Labute approximate surface area is 260 Å². The van der Waals surface area contributed by atoms with Gasteiger partial charge >= 0.3 is 0 Å². The van der Waals surface area contributed by atoms with Gasteiger partial charge < -0.3 is 8.98 Å². The summed E-state index contributed by atoms with van der Waals surface area (Å²) in [6, 6.07) is 50.7. The highest BCUT2D eigenvalue weighted by Crippen LogP contribution is 2.52. The maximum Gasteiger partial charge on any atom is 0.159 e. The molecule has 3 heteroatoms. The molecule has 0 fully saturated rings. The fourth-order valence-corrected chi connectivity index (χ4v) is 9.24. The summed E-state index contributed by atoms with van der Waals surface area (Å²) in [5, 5.41) is 15.3. The smallest absolute Gasteiger partial charge is 0.159 e. The number of furan rings is 1. The Hall–Kier alpha value is -5.64. The van der Waals surface area contributed by atoms with Crippen LogP contribution in [0.3, 0.4) is 0 Å². The number of para-hydroxylation sites is 3. The van der Waals surface area contributed by atoms with Crippen LogP contribution < -0.4 is 0 Å². The van der Waals surface area contributed by atoms with Crippen LogP contribution in [0.5, 0.6) is 0 Å². The molecule has 8 aromatic carbocycles. The molecule has 0 saturated heterocycles. The van der Waals surface area contributed by atoms with E-state index in [-0.39, 0.29) is 0 Å². The first-order valence-electron chi connectivity index (χ1n) is 15.4. The third-order valence-corrected chi connectivity index (χ3v) is 10.9. The number of hydrogen-bond acceptors (Lipinski definition) is 2. The summed E-state index contributed by atoms with van der Waals surface area (Å²) in [6.45, 7) is 0. The van der Waals surface area contributed by atoms with Gasteiger partial charge in [0, 0.05) is 47.8 Å². The number of rotatable bonds is 1. The van der Waals surface area contributed by atoms with Crippen molar-refractivity contribution in [2.24, 2.45) is 0 Å². The molecule has 0 N–H and O–H groups in total. The zero-order valence-corrected chi connectivity index (χ0v) is 24.9. The number of fused-ring (bicyclic) bond motifs is 18. The Morgan fingerprint density at radius 3 is 1.78 bits per heavy atom. The van der Waals surface area contributed by atoms with E-state index in [1.807, 2.05) is 17.4 Å². The van der Waals surface area contributed by atoms with Gasteiger partial charge in [-0.3, -0.25) is 0 Å². The molecule has 208 valence electrons. The highest BCUT2D eigenvalue weighted by Gasteiger charge is 2.25. The lowest BCUT2D eigenvalue weighted by molar-refractivity contribution is 0.666. The molecule has 0 atom stereocenters. The van der Waals surface area contributed by atoms with E-state index in [9.17, 15) is 0 Å². The first-order valence-corrected chi connectivity index (χ1v) is 16.2. The van der Waals surface area contributed by atoms with E-state index in [1.165, 1.54) is 74.3 Å². The first-order chi connectivity index (χ1) is 22.4. The largest absolute Gasteiger partial charge is 0.454 e. The molecule has 0 bridgehead atoms. The molecule has 2 nitrogen and oxygen atoms in total. The summed E-state index contributed by atoms with van der Waals surface area (Å²) < 4.78 is 11.8. The van der Waals surface area contributed by atoms with E-state index >= 15 is 0 Å². The van der Waals surface area contributed by atoms with Crippen molar-refractivity contribution in [1.82, 2.24) is 4.57 Å². The Bertz CT molecular complexity index is 3050. The molecule has 0 unspecified atom stereocenters. The summed E-state index contributed by atoms with van der Waals surface area (Å²) >= 11 is 1.90. The van der Waals surface area contributed by atoms with Crippen molar-refractivity contribution >= 4 is 108 Å². The number of benzene rings is 8. The number of hydrogen-bond donors (Lipinski definition) is 0. The second-order valence-corrected chi connectivity index (χ2v) is 13.0. The van der Waals surface area contributed by atoms with Crippen molar-refractivity contribution in [3.63, 3.8) is 0 Å². The van der Waals surface area contributed by atoms with Crippen LogP contribution in [0, 0.1) is 0 Å². The fourth-order valence-electron chi connectivity index (χ4n) is 7.99.